The van der Waals surface area contributed by atoms with Gasteiger partial charge in [0.1, 0.15) is 25.2 Å². The Morgan fingerprint density at radius 1 is 1.03 bits per heavy atom. The van der Waals surface area contributed by atoms with E-state index in [4.69, 9.17) is 14.3 Å². The molecule has 0 unspecified atom stereocenters. The van der Waals surface area contributed by atoms with Gasteiger partial charge < -0.3 is 14.3 Å². The number of aryl methyl sites for hydroxylation is 2. The molecule has 2 aromatic rings. The first-order chi connectivity index (χ1) is 16.1. The van der Waals surface area contributed by atoms with Crippen LogP contribution in [0, 0.1) is 13.8 Å². The van der Waals surface area contributed by atoms with Gasteiger partial charge in [-0.1, -0.05) is 54.6 Å². The number of hydrogen-bond donors (Lipinski definition) is 0. The number of ether oxygens (including phenoxy) is 2. The topological polar surface area (TPSA) is 43.3 Å². The second-order valence-electron chi connectivity index (χ2n) is 8.19. The molecule has 0 aliphatic heterocycles. The van der Waals surface area contributed by atoms with Crippen LogP contribution in [0.15, 0.2) is 59.8 Å². The molecule has 5 nitrogen and oxygen atoms in total. The third kappa shape index (κ3) is 9.70. The van der Waals surface area contributed by atoms with Crippen LogP contribution in [0.5, 0.6) is 11.5 Å². The number of unbranched alkanes of at least 4 members (excludes halogenated alkanes) is 1. The summed E-state index contributed by atoms with van der Waals surface area (Å²) in [6.45, 7) is 12.4. The van der Waals surface area contributed by atoms with Gasteiger partial charge >= 0.3 is 0 Å². The first-order valence-electron chi connectivity index (χ1n) is 11.9. The largest absolute Gasteiger partial charge is 0.493 e. The zero-order valence-electron chi connectivity index (χ0n) is 21.0. The van der Waals surface area contributed by atoms with Gasteiger partial charge in [-0.2, -0.15) is 0 Å². The highest BCUT2D eigenvalue weighted by Gasteiger charge is 2.10. The fraction of sp³-hybridized carbons (Fsp3) is 0.464. The minimum absolute atomic E-state index is 0.589. The molecule has 0 radical (unpaired) electrons. The Morgan fingerprint density at radius 3 is 2.39 bits per heavy atom. The molecule has 0 amide bonds. The van der Waals surface area contributed by atoms with Gasteiger partial charge in [-0.15, -0.1) is 0 Å². The average molecular weight is 453 g/mol. The minimum Gasteiger partial charge on any atom is -0.493 e. The molecule has 5 heteroatoms. The molecule has 0 saturated heterocycles. The van der Waals surface area contributed by atoms with E-state index in [2.05, 4.69) is 55.1 Å². The van der Waals surface area contributed by atoms with Crippen molar-refractivity contribution < 1.29 is 14.3 Å². The van der Waals surface area contributed by atoms with E-state index >= 15 is 0 Å². The molecule has 180 valence electrons. The summed E-state index contributed by atoms with van der Waals surface area (Å²) < 4.78 is 11.9. The lowest BCUT2D eigenvalue weighted by Gasteiger charge is -2.21. The fourth-order valence-electron chi connectivity index (χ4n) is 3.76. The summed E-state index contributed by atoms with van der Waals surface area (Å²) >= 11 is 0. The molecular weight excluding hydrogens is 412 g/mol. The normalized spacial score (nSPS) is 11.9. The molecule has 2 aromatic carbocycles. The van der Waals surface area contributed by atoms with E-state index in [1.807, 2.05) is 37.3 Å². The predicted molar refractivity (Wildman–Crippen MR) is 138 cm³/mol. The van der Waals surface area contributed by atoms with E-state index in [1.54, 1.807) is 7.11 Å². The van der Waals surface area contributed by atoms with Crippen LogP contribution in [-0.4, -0.2) is 50.6 Å². The quantitative estimate of drug-likeness (QED) is 0.144. The fourth-order valence-corrected chi connectivity index (χ4v) is 3.76. The lowest BCUT2D eigenvalue weighted by Crippen LogP contribution is -2.32. The highest BCUT2D eigenvalue weighted by Crippen LogP contribution is 2.28. The summed E-state index contributed by atoms with van der Waals surface area (Å²) in [5.74, 6) is 1.86. The maximum Gasteiger partial charge on any atom is 0.125 e. The number of hydrogen-bond acceptors (Lipinski definition) is 5. The first kappa shape index (κ1) is 26.5. The molecular formula is C28H40N2O3. The van der Waals surface area contributed by atoms with Gasteiger partial charge in [-0.3, -0.25) is 4.90 Å². The van der Waals surface area contributed by atoms with Crippen LogP contribution >= 0.6 is 0 Å². The van der Waals surface area contributed by atoms with Crippen LogP contribution in [0.1, 0.15) is 43.4 Å². The molecule has 0 aromatic heterocycles. The number of oxime groups is 1. The highest BCUT2D eigenvalue weighted by molar-refractivity contribution is 5.88. The molecule has 0 atom stereocenters. The van der Waals surface area contributed by atoms with E-state index in [1.165, 1.54) is 5.56 Å². The van der Waals surface area contributed by atoms with Crippen LogP contribution in [-0.2, 0) is 11.3 Å². The number of rotatable bonds is 15. The van der Waals surface area contributed by atoms with Crippen LogP contribution in [0.2, 0.25) is 0 Å². The monoisotopic (exact) mass is 452 g/mol. The number of allylic oxidation sites excluding steroid dienone is 1. The Bertz CT molecular complexity index is 855. The van der Waals surface area contributed by atoms with Gasteiger partial charge in [0.15, 0.2) is 0 Å². The van der Waals surface area contributed by atoms with Crippen molar-refractivity contribution in [2.75, 3.05) is 40.0 Å². The van der Waals surface area contributed by atoms with Crippen LogP contribution in [0.4, 0.5) is 0 Å². The van der Waals surface area contributed by atoms with Crippen molar-refractivity contribution >= 4 is 5.71 Å². The number of benzene rings is 2. The lowest BCUT2D eigenvalue weighted by molar-refractivity contribution is 0.208. The molecule has 0 saturated carbocycles. The third-order valence-corrected chi connectivity index (χ3v) is 5.46. The molecule has 0 bridgehead atoms. The lowest BCUT2D eigenvalue weighted by atomic mass is 10.1. The van der Waals surface area contributed by atoms with Crippen molar-refractivity contribution in [3.05, 3.63) is 71.3 Å². The van der Waals surface area contributed by atoms with Gasteiger partial charge in [0.2, 0.25) is 0 Å². The van der Waals surface area contributed by atoms with Crippen LogP contribution in [0.25, 0.3) is 0 Å². The molecule has 0 aliphatic rings. The summed E-state index contributed by atoms with van der Waals surface area (Å²) in [6, 6.07) is 14.5. The predicted octanol–water partition coefficient (Wildman–Crippen LogP) is 5.98. The Labute approximate surface area is 200 Å². The standard InChI is InChI=1S/C28H40N2O3/c1-6-8-17-32-27-19-23(3)28(24(4)20-27)33-18-13-12-16-30(7-2)22-26(29-31-5)21-25-14-10-9-11-15-25/h6,8-11,14-15,19-20H,7,12-13,16-18,21-22H2,1-5H3/b8-6+,29-26+. The van der Waals surface area contributed by atoms with Crippen molar-refractivity contribution in [2.24, 2.45) is 5.16 Å². The molecule has 0 heterocycles. The Kier molecular flexibility index (Phi) is 12.1. The van der Waals surface area contributed by atoms with Crippen molar-refractivity contribution in [1.29, 1.82) is 0 Å². The zero-order chi connectivity index (χ0) is 23.9. The van der Waals surface area contributed by atoms with Gasteiger partial charge in [0.25, 0.3) is 0 Å². The van der Waals surface area contributed by atoms with Crippen molar-refractivity contribution in [2.45, 2.75) is 47.0 Å². The van der Waals surface area contributed by atoms with Gasteiger partial charge in [-0.25, -0.2) is 0 Å². The summed E-state index contributed by atoms with van der Waals surface area (Å²) in [5.41, 5.74) is 4.52. The SMILES string of the molecule is C/C=C/COc1cc(C)c(OCCCCN(CC)C/C(Cc2ccccc2)=N/OC)c(C)c1. The summed E-state index contributed by atoms with van der Waals surface area (Å²) in [6.07, 6.45) is 6.87. The van der Waals surface area contributed by atoms with Crippen LogP contribution in [0.3, 0.4) is 0 Å². The average Bonchev–Trinajstić information content (AvgIpc) is 2.80. The third-order valence-electron chi connectivity index (χ3n) is 5.46. The highest BCUT2D eigenvalue weighted by atomic mass is 16.6. The molecule has 0 N–H and O–H groups in total. The van der Waals surface area contributed by atoms with Crippen molar-refractivity contribution in [1.82, 2.24) is 4.90 Å². The van der Waals surface area contributed by atoms with Gasteiger partial charge in [-0.05, 0) is 75.5 Å². The van der Waals surface area contributed by atoms with E-state index in [0.717, 1.165) is 67.2 Å². The molecule has 0 fully saturated rings. The minimum atomic E-state index is 0.589. The summed E-state index contributed by atoms with van der Waals surface area (Å²) in [4.78, 5) is 7.51. The molecule has 0 aliphatic carbocycles. The first-order valence-corrected chi connectivity index (χ1v) is 11.9. The van der Waals surface area contributed by atoms with Crippen molar-refractivity contribution in [3.8, 4) is 11.5 Å². The van der Waals surface area contributed by atoms with Gasteiger partial charge in [0, 0.05) is 13.0 Å². The second-order valence-corrected chi connectivity index (χ2v) is 8.19. The van der Waals surface area contributed by atoms with Gasteiger partial charge in [0.05, 0.1) is 12.3 Å². The summed E-state index contributed by atoms with van der Waals surface area (Å²) in [5, 5.41) is 4.28. The van der Waals surface area contributed by atoms with E-state index < -0.39 is 0 Å². The molecule has 0 spiro atoms. The van der Waals surface area contributed by atoms with Crippen LogP contribution < -0.4 is 9.47 Å². The maximum atomic E-state index is 6.13. The van der Waals surface area contributed by atoms with Crippen molar-refractivity contribution in [3.63, 3.8) is 0 Å². The smallest absolute Gasteiger partial charge is 0.125 e. The Hall–Kier alpha value is -2.79. The zero-order valence-corrected chi connectivity index (χ0v) is 21.0. The Morgan fingerprint density at radius 2 is 1.76 bits per heavy atom. The van der Waals surface area contributed by atoms with E-state index in [-0.39, 0.29) is 0 Å². The summed E-state index contributed by atoms with van der Waals surface area (Å²) in [7, 11) is 1.61. The maximum absolute atomic E-state index is 6.13. The van der Waals surface area contributed by atoms with E-state index in [9.17, 15) is 0 Å². The second kappa shape index (κ2) is 15.1. The number of nitrogens with zero attached hydrogens (tertiary/aromatic N) is 2. The molecule has 33 heavy (non-hydrogen) atoms. The molecule has 2 rings (SSSR count). The Balaban J connectivity index is 1.79. The van der Waals surface area contributed by atoms with E-state index in [0.29, 0.717) is 13.2 Å².